The number of benzene rings is 1. The normalized spacial score (nSPS) is 11.9. The zero-order chi connectivity index (χ0) is 15.8. The van der Waals surface area contributed by atoms with Crippen LogP contribution < -0.4 is 4.72 Å². The van der Waals surface area contributed by atoms with Gasteiger partial charge in [0.05, 0.1) is 10.6 Å². The minimum absolute atomic E-state index is 0.239. The molecule has 1 aromatic heterocycles. The van der Waals surface area contributed by atoms with Crippen LogP contribution in [0.2, 0.25) is 0 Å². The summed E-state index contributed by atoms with van der Waals surface area (Å²) >= 11 is 3.37. The second kappa shape index (κ2) is 5.90. The van der Waals surface area contributed by atoms with Gasteiger partial charge in [0.2, 0.25) is 10.0 Å². The van der Waals surface area contributed by atoms with Crippen LogP contribution in [0.3, 0.4) is 0 Å². The Morgan fingerprint density at radius 1 is 1.29 bits per heavy atom. The van der Waals surface area contributed by atoms with Crippen LogP contribution in [-0.2, 0) is 23.6 Å². The van der Waals surface area contributed by atoms with Crippen LogP contribution >= 0.6 is 15.9 Å². The summed E-state index contributed by atoms with van der Waals surface area (Å²) in [4.78, 5) is 0.266. The average molecular weight is 372 g/mol. The summed E-state index contributed by atoms with van der Waals surface area (Å²) in [7, 11) is -1.68. The zero-order valence-electron chi connectivity index (χ0n) is 12.4. The van der Waals surface area contributed by atoms with E-state index in [1.165, 1.54) is 0 Å². The fourth-order valence-electron chi connectivity index (χ4n) is 2.11. The van der Waals surface area contributed by atoms with E-state index in [2.05, 4.69) is 25.8 Å². The van der Waals surface area contributed by atoms with E-state index in [1.807, 2.05) is 27.8 Å². The van der Waals surface area contributed by atoms with Gasteiger partial charge in [0.15, 0.2) is 0 Å². The van der Waals surface area contributed by atoms with Crippen molar-refractivity contribution in [3.05, 3.63) is 45.2 Å². The highest BCUT2D eigenvalue weighted by atomic mass is 79.9. The van der Waals surface area contributed by atoms with Crippen LogP contribution in [-0.4, -0.2) is 18.2 Å². The zero-order valence-corrected chi connectivity index (χ0v) is 14.8. The lowest BCUT2D eigenvalue weighted by molar-refractivity contribution is 0.581. The molecule has 114 valence electrons. The Morgan fingerprint density at radius 2 is 1.95 bits per heavy atom. The summed E-state index contributed by atoms with van der Waals surface area (Å²) in [5.41, 5.74) is 3.59. The Kier molecular flexibility index (Phi) is 4.55. The molecule has 2 rings (SSSR count). The molecule has 7 heteroatoms. The van der Waals surface area contributed by atoms with Crippen LogP contribution in [0.1, 0.15) is 22.5 Å². The van der Waals surface area contributed by atoms with E-state index >= 15 is 0 Å². The first-order chi connectivity index (χ1) is 9.72. The summed E-state index contributed by atoms with van der Waals surface area (Å²) in [6.07, 6.45) is 0. The first-order valence-electron chi connectivity index (χ1n) is 6.47. The molecule has 0 bridgehead atoms. The molecule has 0 spiro atoms. The van der Waals surface area contributed by atoms with Gasteiger partial charge in [-0.15, -0.1) is 0 Å². The second-order valence-electron chi connectivity index (χ2n) is 5.01. The fraction of sp³-hybridized carbons (Fsp3) is 0.357. The predicted octanol–water partition coefficient (Wildman–Crippen LogP) is 2.59. The Balaban J connectivity index is 2.23. The molecule has 0 saturated carbocycles. The molecule has 0 atom stereocenters. The molecule has 21 heavy (non-hydrogen) atoms. The van der Waals surface area contributed by atoms with Crippen molar-refractivity contribution < 1.29 is 8.42 Å². The molecule has 0 aliphatic heterocycles. The minimum atomic E-state index is -3.53. The smallest absolute Gasteiger partial charge is 0.240 e. The standard InChI is InChI=1S/C14H18BrN3O2S/c1-9-7-12(5-6-14(9)15)21(19,20)16-8-13-10(2)17-18(4)11(13)3/h5-7,16H,8H2,1-4H3. The minimum Gasteiger partial charge on any atom is -0.272 e. The van der Waals surface area contributed by atoms with Crippen molar-refractivity contribution in [3.63, 3.8) is 0 Å². The third-order valence-corrected chi connectivity index (χ3v) is 5.83. The molecule has 1 N–H and O–H groups in total. The highest BCUT2D eigenvalue weighted by molar-refractivity contribution is 9.10. The van der Waals surface area contributed by atoms with E-state index in [0.29, 0.717) is 0 Å². The average Bonchev–Trinajstić information content (AvgIpc) is 2.64. The summed E-state index contributed by atoms with van der Waals surface area (Å²) < 4.78 is 30.0. The maximum absolute atomic E-state index is 12.3. The molecule has 2 aromatic rings. The molecule has 0 saturated heterocycles. The van der Waals surface area contributed by atoms with Crippen LogP contribution in [0.5, 0.6) is 0 Å². The van der Waals surface area contributed by atoms with Gasteiger partial charge in [-0.05, 0) is 44.5 Å². The van der Waals surface area contributed by atoms with Crippen molar-refractivity contribution in [2.24, 2.45) is 7.05 Å². The summed E-state index contributed by atoms with van der Waals surface area (Å²) in [5, 5.41) is 4.29. The molecule has 0 aliphatic carbocycles. The number of nitrogens with zero attached hydrogens (tertiary/aromatic N) is 2. The molecular formula is C14H18BrN3O2S. The van der Waals surface area contributed by atoms with Crippen LogP contribution in [0.25, 0.3) is 0 Å². The number of hydrogen-bond donors (Lipinski definition) is 1. The molecular weight excluding hydrogens is 354 g/mol. The number of aromatic nitrogens is 2. The van der Waals surface area contributed by atoms with Gasteiger partial charge >= 0.3 is 0 Å². The fourth-order valence-corrected chi connectivity index (χ4v) is 3.43. The third kappa shape index (κ3) is 3.36. The SMILES string of the molecule is Cc1cc(S(=O)(=O)NCc2c(C)nn(C)c2C)ccc1Br. The van der Waals surface area contributed by atoms with Gasteiger partial charge < -0.3 is 0 Å². The van der Waals surface area contributed by atoms with Crippen LogP contribution in [0.15, 0.2) is 27.6 Å². The Hall–Kier alpha value is -1.18. The quantitative estimate of drug-likeness (QED) is 0.897. The van der Waals surface area contributed by atoms with Gasteiger partial charge in [-0.2, -0.15) is 5.10 Å². The number of halogens is 1. The van der Waals surface area contributed by atoms with E-state index in [9.17, 15) is 8.42 Å². The largest absolute Gasteiger partial charge is 0.272 e. The summed E-state index contributed by atoms with van der Waals surface area (Å²) in [5.74, 6) is 0. The molecule has 0 amide bonds. The molecule has 1 aromatic carbocycles. The van der Waals surface area contributed by atoms with Crippen molar-refractivity contribution >= 4 is 26.0 Å². The Labute approximate surface area is 133 Å². The molecule has 5 nitrogen and oxygen atoms in total. The number of rotatable bonds is 4. The molecule has 0 aliphatic rings. The summed E-state index contributed by atoms with van der Waals surface area (Å²) in [6.45, 7) is 5.90. The van der Waals surface area contributed by atoms with Gasteiger partial charge in [0.25, 0.3) is 0 Å². The van der Waals surface area contributed by atoms with E-state index in [1.54, 1.807) is 22.9 Å². The number of aryl methyl sites for hydroxylation is 3. The van der Waals surface area contributed by atoms with Crippen molar-refractivity contribution in [1.82, 2.24) is 14.5 Å². The van der Waals surface area contributed by atoms with Gasteiger partial charge in [-0.1, -0.05) is 15.9 Å². The monoisotopic (exact) mass is 371 g/mol. The van der Waals surface area contributed by atoms with E-state index in [-0.39, 0.29) is 11.4 Å². The molecule has 0 radical (unpaired) electrons. The highest BCUT2D eigenvalue weighted by Crippen LogP contribution is 2.20. The van der Waals surface area contributed by atoms with Gasteiger partial charge in [-0.25, -0.2) is 13.1 Å². The third-order valence-electron chi connectivity index (χ3n) is 3.54. The lowest BCUT2D eigenvalue weighted by Crippen LogP contribution is -2.24. The topological polar surface area (TPSA) is 64.0 Å². The van der Waals surface area contributed by atoms with Gasteiger partial charge in [0.1, 0.15) is 0 Å². The van der Waals surface area contributed by atoms with E-state index < -0.39 is 10.0 Å². The molecule has 1 heterocycles. The van der Waals surface area contributed by atoms with Crippen molar-refractivity contribution in [1.29, 1.82) is 0 Å². The maximum atomic E-state index is 12.3. The highest BCUT2D eigenvalue weighted by Gasteiger charge is 2.17. The van der Waals surface area contributed by atoms with Gasteiger partial charge in [-0.3, -0.25) is 4.68 Å². The van der Waals surface area contributed by atoms with Crippen molar-refractivity contribution in [3.8, 4) is 0 Å². The second-order valence-corrected chi connectivity index (χ2v) is 7.63. The Bertz CT molecular complexity index is 782. The van der Waals surface area contributed by atoms with Crippen molar-refractivity contribution in [2.45, 2.75) is 32.2 Å². The van der Waals surface area contributed by atoms with E-state index in [0.717, 1.165) is 27.0 Å². The van der Waals surface area contributed by atoms with Gasteiger partial charge in [0, 0.05) is 29.3 Å². The van der Waals surface area contributed by atoms with Crippen LogP contribution in [0, 0.1) is 20.8 Å². The lowest BCUT2D eigenvalue weighted by atomic mass is 10.2. The Morgan fingerprint density at radius 3 is 2.48 bits per heavy atom. The number of sulfonamides is 1. The molecule has 0 fully saturated rings. The van der Waals surface area contributed by atoms with Crippen LogP contribution in [0.4, 0.5) is 0 Å². The lowest BCUT2D eigenvalue weighted by Gasteiger charge is -2.08. The van der Waals surface area contributed by atoms with Crippen molar-refractivity contribution in [2.75, 3.05) is 0 Å². The molecule has 0 unspecified atom stereocenters. The maximum Gasteiger partial charge on any atom is 0.240 e. The predicted molar refractivity (Wildman–Crippen MR) is 85.6 cm³/mol. The number of nitrogens with one attached hydrogen (secondary N) is 1. The van der Waals surface area contributed by atoms with E-state index in [4.69, 9.17) is 0 Å². The number of hydrogen-bond acceptors (Lipinski definition) is 3. The first-order valence-corrected chi connectivity index (χ1v) is 8.75. The summed E-state index contributed by atoms with van der Waals surface area (Å²) in [6, 6.07) is 4.97. The first kappa shape index (κ1) is 16.2.